The van der Waals surface area contributed by atoms with Gasteiger partial charge in [-0.15, -0.1) is 6.58 Å². The van der Waals surface area contributed by atoms with Crippen LogP contribution in [0.25, 0.3) is 0 Å². The van der Waals surface area contributed by atoms with E-state index in [-0.39, 0.29) is 0 Å². The first-order valence-corrected chi connectivity index (χ1v) is 6.64. The molecule has 0 fully saturated rings. The highest BCUT2D eigenvalue weighted by Crippen LogP contribution is 2.24. The Morgan fingerprint density at radius 3 is 1.83 bits per heavy atom. The van der Waals surface area contributed by atoms with E-state index in [0.29, 0.717) is 5.92 Å². The zero-order valence-electron chi connectivity index (χ0n) is 10.6. The summed E-state index contributed by atoms with van der Waals surface area (Å²) in [4.78, 5) is 0. The van der Waals surface area contributed by atoms with Crippen LogP contribution in [0.4, 0.5) is 0 Å². The first kappa shape index (κ1) is 11.3. The average Bonchev–Trinajstić information content (AvgIpc) is 2.42. The predicted molar refractivity (Wildman–Crippen MR) is 76.9 cm³/mol. The number of hydrogen-bond donors (Lipinski definition) is 0. The molecule has 2 aromatic rings. The maximum Gasteiger partial charge on any atom is 0.00557 e. The Labute approximate surface area is 109 Å². The minimum absolute atomic E-state index is 0.421. The summed E-state index contributed by atoms with van der Waals surface area (Å²) in [7, 11) is 0. The number of rotatable bonds is 1. The molecule has 0 nitrogen and oxygen atoms in total. The summed E-state index contributed by atoms with van der Waals surface area (Å²) in [6.07, 6.45) is 5.36. The third-order valence-electron chi connectivity index (χ3n) is 3.87. The standard InChI is InChI=1S/C18H18/c1-2-17-13-16-7-5-14(6-8-16)3-4-15-9-11-18(17)12-10-15/h2,5-12,17H,1,3-4,13H2/t17-/m0/s1. The van der Waals surface area contributed by atoms with Gasteiger partial charge >= 0.3 is 0 Å². The fourth-order valence-corrected chi connectivity index (χ4v) is 2.65. The molecule has 6 rings (SSSR count). The third-order valence-corrected chi connectivity index (χ3v) is 3.87. The Morgan fingerprint density at radius 2 is 1.28 bits per heavy atom. The SMILES string of the molecule is C=C[C@H]1Cc2ccc(cc2)CCc2ccc1cc2. The second kappa shape index (κ2) is 4.81. The van der Waals surface area contributed by atoms with Gasteiger partial charge < -0.3 is 0 Å². The molecule has 0 aliphatic heterocycles. The molecule has 0 unspecified atom stereocenters. The number of hydrogen-bond acceptors (Lipinski definition) is 0. The van der Waals surface area contributed by atoms with E-state index in [1.54, 1.807) is 0 Å². The van der Waals surface area contributed by atoms with Crippen molar-refractivity contribution in [1.29, 1.82) is 0 Å². The Kier molecular flexibility index (Phi) is 3.02. The van der Waals surface area contributed by atoms with Gasteiger partial charge in [0.15, 0.2) is 0 Å². The lowest BCUT2D eigenvalue weighted by Gasteiger charge is -2.15. The molecule has 0 heterocycles. The van der Waals surface area contributed by atoms with E-state index in [2.05, 4.69) is 61.2 Å². The quantitative estimate of drug-likeness (QED) is 0.645. The molecule has 0 amide bonds. The smallest absolute Gasteiger partial charge is 0.00557 e. The molecule has 0 saturated carbocycles. The van der Waals surface area contributed by atoms with Crippen molar-refractivity contribution in [2.45, 2.75) is 25.2 Å². The molecule has 0 radical (unpaired) electrons. The Morgan fingerprint density at radius 1 is 0.778 bits per heavy atom. The van der Waals surface area contributed by atoms with Crippen molar-refractivity contribution in [1.82, 2.24) is 0 Å². The van der Waals surface area contributed by atoms with Crippen molar-refractivity contribution in [2.24, 2.45) is 0 Å². The zero-order valence-corrected chi connectivity index (χ0v) is 10.6. The zero-order chi connectivity index (χ0) is 12.4. The molecule has 0 heteroatoms. The first-order chi connectivity index (χ1) is 8.85. The normalized spacial score (nSPS) is 18.1. The summed E-state index contributed by atoms with van der Waals surface area (Å²) in [6.45, 7) is 3.99. The van der Waals surface area contributed by atoms with Gasteiger partial charge in [-0.3, -0.25) is 0 Å². The van der Waals surface area contributed by atoms with Gasteiger partial charge in [0.05, 0.1) is 0 Å². The van der Waals surface area contributed by atoms with Crippen molar-refractivity contribution in [3.05, 3.63) is 83.4 Å². The second-order valence-corrected chi connectivity index (χ2v) is 5.10. The lowest BCUT2D eigenvalue weighted by molar-refractivity contribution is 0.830. The van der Waals surface area contributed by atoms with E-state index in [0.717, 1.165) is 19.3 Å². The van der Waals surface area contributed by atoms with Crippen LogP contribution in [0.2, 0.25) is 0 Å². The van der Waals surface area contributed by atoms with Gasteiger partial charge in [0.25, 0.3) is 0 Å². The molecule has 1 atom stereocenters. The number of aryl methyl sites for hydroxylation is 2. The molecule has 0 saturated heterocycles. The van der Waals surface area contributed by atoms with Gasteiger partial charge in [0, 0.05) is 5.92 Å². The molecular weight excluding hydrogens is 216 g/mol. The van der Waals surface area contributed by atoms with Crippen molar-refractivity contribution in [3.63, 3.8) is 0 Å². The third kappa shape index (κ3) is 2.24. The van der Waals surface area contributed by atoms with Crippen LogP contribution in [0.15, 0.2) is 61.2 Å². The summed E-state index contributed by atoms with van der Waals surface area (Å²) in [5.41, 5.74) is 5.62. The largest absolute Gasteiger partial charge is 0.102 e. The molecule has 18 heavy (non-hydrogen) atoms. The van der Waals surface area contributed by atoms with Gasteiger partial charge in [0.1, 0.15) is 0 Å². The molecule has 0 N–H and O–H groups in total. The topological polar surface area (TPSA) is 0 Å². The number of allylic oxidation sites excluding steroid dienone is 1. The highest BCUT2D eigenvalue weighted by Gasteiger charge is 2.10. The lowest BCUT2D eigenvalue weighted by Crippen LogP contribution is -2.02. The Bertz CT molecular complexity index is 531. The molecule has 2 aromatic carbocycles. The second-order valence-electron chi connectivity index (χ2n) is 5.10. The predicted octanol–water partition coefficient (Wildman–Crippen LogP) is 4.30. The summed E-state index contributed by atoms with van der Waals surface area (Å²) < 4.78 is 0. The fraction of sp³-hybridized carbons (Fsp3) is 0.222. The summed E-state index contributed by atoms with van der Waals surface area (Å²) >= 11 is 0. The summed E-state index contributed by atoms with van der Waals surface area (Å²) in [5.74, 6) is 0.421. The highest BCUT2D eigenvalue weighted by molar-refractivity contribution is 5.33. The van der Waals surface area contributed by atoms with Crippen molar-refractivity contribution >= 4 is 0 Å². The van der Waals surface area contributed by atoms with Crippen molar-refractivity contribution < 1.29 is 0 Å². The Hall–Kier alpha value is -1.82. The van der Waals surface area contributed by atoms with Crippen molar-refractivity contribution in [2.75, 3.05) is 0 Å². The monoisotopic (exact) mass is 234 g/mol. The van der Waals surface area contributed by atoms with E-state index >= 15 is 0 Å². The van der Waals surface area contributed by atoms with Gasteiger partial charge in [-0.2, -0.15) is 0 Å². The average molecular weight is 234 g/mol. The van der Waals surface area contributed by atoms with Gasteiger partial charge in [-0.1, -0.05) is 54.6 Å². The van der Waals surface area contributed by atoms with Crippen LogP contribution >= 0.6 is 0 Å². The minimum Gasteiger partial charge on any atom is -0.102 e. The van der Waals surface area contributed by atoms with Crippen LogP contribution in [0.5, 0.6) is 0 Å². The van der Waals surface area contributed by atoms with Crippen LogP contribution < -0.4 is 0 Å². The van der Waals surface area contributed by atoms with Crippen LogP contribution in [-0.4, -0.2) is 0 Å². The molecule has 90 valence electrons. The fourth-order valence-electron chi connectivity index (χ4n) is 2.65. The minimum atomic E-state index is 0.421. The highest BCUT2D eigenvalue weighted by atomic mass is 14.1. The van der Waals surface area contributed by atoms with E-state index in [9.17, 15) is 0 Å². The van der Waals surface area contributed by atoms with Gasteiger partial charge in [0.2, 0.25) is 0 Å². The maximum absolute atomic E-state index is 3.99. The van der Waals surface area contributed by atoms with Gasteiger partial charge in [-0.25, -0.2) is 0 Å². The van der Waals surface area contributed by atoms with Crippen LogP contribution in [0.1, 0.15) is 28.2 Å². The molecule has 4 aliphatic rings. The van der Waals surface area contributed by atoms with E-state index in [4.69, 9.17) is 0 Å². The van der Waals surface area contributed by atoms with E-state index in [1.807, 2.05) is 0 Å². The molecule has 0 spiro atoms. The number of benzene rings is 2. The Balaban J connectivity index is 2.04. The van der Waals surface area contributed by atoms with Crippen LogP contribution in [0.3, 0.4) is 0 Å². The molecule has 4 aliphatic carbocycles. The van der Waals surface area contributed by atoms with Crippen molar-refractivity contribution in [3.8, 4) is 0 Å². The van der Waals surface area contributed by atoms with Gasteiger partial charge in [-0.05, 0) is 41.5 Å². The molecule has 0 aromatic heterocycles. The lowest BCUT2D eigenvalue weighted by atomic mass is 9.89. The molecular formula is C18H18. The summed E-state index contributed by atoms with van der Waals surface area (Å²) in [6, 6.07) is 18.1. The van der Waals surface area contributed by atoms with E-state index in [1.165, 1.54) is 22.3 Å². The maximum atomic E-state index is 3.99. The molecule has 4 bridgehead atoms. The van der Waals surface area contributed by atoms with Crippen LogP contribution in [-0.2, 0) is 19.3 Å². The summed E-state index contributed by atoms with van der Waals surface area (Å²) in [5, 5.41) is 0. The van der Waals surface area contributed by atoms with Crippen LogP contribution in [0, 0.1) is 0 Å². The first-order valence-electron chi connectivity index (χ1n) is 6.64. The van der Waals surface area contributed by atoms with E-state index < -0.39 is 0 Å².